The summed E-state index contributed by atoms with van der Waals surface area (Å²) >= 11 is 14.1. The molecule has 1 fully saturated rings. The van der Waals surface area contributed by atoms with Gasteiger partial charge in [-0.2, -0.15) is 0 Å². The second-order valence-corrected chi connectivity index (χ2v) is 11.8. The Morgan fingerprint density at radius 3 is 2.27 bits per heavy atom. The van der Waals surface area contributed by atoms with Crippen LogP contribution in [0, 0.1) is 0 Å². The highest BCUT2D eigenvalue weighted by Gasteiger charge is 2.28. The number of hydrogen-bond donors (Lipinski definition) is 2. The van der Waals surface area contributed by atoms with Crippen LogP contribution in [0.25, 0.3) is 33.4 Å². The zero-order valence-electron chi connectivity index (χ0n) is 24.8. The maximum Gasteiger partial charge on any atom is 0.265 e. The molecular weight excluding hydrogens is 613 g/mol. The van der Waals surface area contributed by atoms with Crippen LogP contribution in [-0.4, -0.2) is 74.7 Å². The molecule has 0 spiro atoms. The summed E-state index contributed by atoms with van der Waals surface area (Å²) in [7, 11) is 1.79. The van der Waals surface area contributed by atoms with Gasteiger partial charge in [0.2, 0.25) is 0 Å². The van der Waals surface area contributed by atoms with Crippen LogP contribution in [0.2, 0.25) is 10.0 Å². The average molecular weight is 647 g/mol. The van der Waals surface area contributed by atoms with Crippen molar-refractivity contribution in [1.82, 2.24) is 4.90 Å². The smallest absolute Gasteiger partial charge is 0.265 e. The third-order valence-corrected chi connectivity index (χ3v) is 9.07. The second kappa shape index (κ2) is 13.5. The Morgan fingerprint density at radius 2 is 1.62 bits per heavy atom. The van der Waals surface area contributed by atoms with Crippen LogP contribution >= 0.6 is 23.2 Å². The first-order valence-corrected chi connectivity index (χ1v) is 15.6. The number of β-amino-alcohol motifs (C(OH)–C–C–N with tert-alkyl or cyclic N) is 1. The zero-order chi connectivity index (χ0) is 31.5. The van der Waals surface area contributed by atoms with Gasteiger partial charge in [-0.25, -0.2) is 0 Å². The van der Waals surface area contributed by atoms with Crippen molar-refractivity contribution in [1.29, 1.82) is 0 Å². The van der Waals surface area contributed by atoms with Gasteiger partial charge in [0.05, 0.1) is 27.5 Å². The number of hydrogen-bond acceptors (Lipinski definition) is 7. The summed E-state index contributed by atoms with van der Waals surface area (Å²) < 4.78 is 11.5. The van der Waals surface area contributed by atoms with E-state index >= 15 is 0 Å². The number of likely N-dealkylation sites (tertiary alicyclic amines) is 1. The predicted octanol–water partition coefficient (Wildman–Crippen LogP) is 6.41. The molecule has 45 heavy (non-hydrogen) atoms. The lowest BCUT2D eigenvalue weighted by Gasteiger charge is -2.31. The summed E-state index contributed by atoms with van der Waals surface area (Å²) in [4.78, 5) is 27.6. The minimum atomic E-state index is -0.301. The molecule has 6 rings (SSSR count). The zero-order valence-corrected chi connectivity index (χ0v) is 26.3. The molecule has 0 radical (unpaired) electrons. The summed E-state index contributed by atoms with van der Waals surface area (Å²) in [6, 6.07) is 23.1. The molecule has 1 unspecified atom stereocenters. The predicted molar refractivity (Wildman–Crippen MR) is 179 cm³/mol. The van der Waals surface area contributed by atoms with Crippen LogP contribution in [0.15, 0.2) is 72.8 Å². The van der Waals surface area contributed by atoms with E-state index in [9.17, 15) is 14.7 Å². The van der Waals surface area contributed by atoms with E-state index in [0.29, 0.717) is 47.5 Å². The molecule has 2 N–H and O–H groups in total. The Morgan fingerprint density at radius 1 is 0.956 bits per heavy atom. The molecule has 1 saturated heterocycles. The molecule has 2 heterocycles. The number of nitrogens with zero attached hydrogens (tertiary/aromatic N) is 2. The molecule has 10 heteroatoms. The van der Waals surface area contributed by atoms with Crippen molar-refractivity contribution in [3.8, 4) is 44.9 Å². The van der Waals surface area contributed by atoms with Gasteiger partial charge in [-0.15, -0.1) is 0 Å². The number of halogens is 2. The Balaban J connectivity index is 1.30. The number of fused-ring (bicyclic) bond motifs is 1. The molecule has 0 aliphatic carbocycles. The van der Waals surface area contributed by atoms with Crippen molar-refractivity contribution in [2.75, 3.05) is 56.7 Å². The van der Waals surface area contributed by atoms with E-state index in [4.69, 9.17) is 32.7 Å². The Kier molecular flexibility index (Phi) is 9.28. The number of nitrogens with one attached hydrogen (secondary N) is 1. The fraction of sp³-hybridized carbons (Fsp3) is 0.257. The van der Waals surface area contributed by atoms with Crippen LogP contribution < -0.4 is 19.7 Å². The largest absolute Gasteiger partial charge is 0.484 e. The number of aliphatic hydroxyl groups is 1. The number of aldehydes is 1. The number of benzene rings is 4. The van der Waals surface area contributed by atoms with Crippen molar-refractivity contribution in [2.45, 2.75) is 12.5 Å². The van der Waals surface area contributed by atoms with Crippen LogP contribution in [0.3, 0.4) is 0 Å². The molecule has 0 aromatic heterocycles. The van der Waals surface area contributed by atoms with E-state index in [-0.39, 0.29) is 25.2 Å². The first kappa shape index (κ1) is 30.9. The van der Waals surface area contributed by atoms with Crippen molar-refractivity contribution in [3.05, 3.63) is 82.8 Å². The number of aliphatic hydroxyl groups excluding tert-OH is 1. The molecule has 2 aliphatic rings. The van der Waals surface area contributed by atoms with Crippen LogP contribution in [0.4, 0.5) is 11.4 Å². The average Bonchev–Trinajstić information content (AvgIpc) is 3.48. The van der Waals surface area contributed by atoms with Gasteiger partial charge in [0.1, 0.15) is 18.1 Å². The summed E-state index contributed by atoms with van der Waals surface area (Å²) in [5.41, 5.74) is 6.31. The quantitative estimate of drug-likeness (QED) is 0.193. The normalized spacial score (nSPS) is 16.3. The molecule has 4 aromatic carbocycles. The van der Waals surface area contributed by atoms with Crippen molar-refractivity contribution in [2.24, 2.45) is 0 Å². The minimum Gasteiger partial charge on any atom is -0.484 e. The lowest BCUT2D eigenvalue weighted by Crippen LogP contribution is -2.43. The van der Waals surface area contributed by atoms with E-state index in [1.165, 1.54) is 0 Å². The van der Waals surface area contributed by atoms with E-state index in [1.807, 2.05) is 72.8 Å². The van der Waals surface area contributed by atoms with Crippen molar-refractivity contribution in [3.63, 3.8) is 0 Å². The van der Waals surface area contributed by atoms with E-state index in [1.54, 1.807) is 11.9 Å². The minimum absolute atomic E-state index is 0.0353. The summed E-state index contributed by atoms with van der Waals surface area (Å²) in [6.07, 6.45) is 1.17. The number of anilines is 2. The maximum atomic E-state index is 12.8. The van der Waals surface area contributed by atoms with Crippen molar-refractivity contribution >= 4 is 46.8 Å². The molecule has 4 aromatic rings. The van der Waals surface area contributed by atoms with Crippen LogP contribution in [-0.2, 0) is 9.59 Å². The van der Waals surface area contributed by atoms with Gasteiger partial charge < -0.3 is 24.8 Å². The molecular formula is C35H33Cl2N3O5. The SMILES string of the molecule is CNc1ccc(-c2cccc(-c3cccc(-c4ccc5c(c4)OCC(=O)N5CCN4CCC(O)C4)c3Cl)c2Cl)cc1OCC=O. The van der Waals surface area contributed by atoms with Gasteiger partial charge in [0.25, 0.3) is 5.91 Å². The summed E-state index contributed by atoms with van der Waals surface area (Å²) in [5.74, 6) is 1.08. The first-order chi connectivity index (χ1) is 21.9. The third kappa shape index (κ3) is 6.37. The van der Waals surface area contributed by atoms with Crippen LogP contribution in [0.5, 0.6) is 11.5 Å². The highest BCUT2D eigenvalue weighted by molar-refractivity contribution is 6.39. The number of ether oxygens (including phenoxy) is 2. The lowest BCUT2D eigenvalue weighted by atomic mass is 9.95. The van der Waals surface area contributed by atoms with E-state index in [2.05, 4.69) is 10.2 Å². The molecule has 2 aliphatic heterocycles. The number of amides is 1. The standard InChI is InChI=1S/C35H33Cl2N3O5/c1-38-29-10-8-22(18-31(29)44-17-16-41)25-4-2-6-27(34(25)36)28-7-3-5-26(35(28)37)23-9-11-30-32(19-23)45-21-33(43)40(30)15-14-39-13-12-24(42)20-39/h2-11,16,18-19,24,38,42H,12-15,17,20-21H2,1H3. The van der Waals surface area contributed by atoms with E-state index in [0.717, 1.165) is 57.7 Å². The number of rotatable bonds is 10. The van der Waals surface area contributed by atoms with Crippen LogP contribution in [0.1, 0.15) is 6.42 Å². The molecule has 1 amide bonds. The molecule has 0 saturated carbocycles. The number of carbonyl (C=O) groups excluding carboxylic acids is 2. The Bertz CT molecular complexity index is 1750. The third-order valence-electron chi connectivity index (χ3n) is 8.26. The second-order valence-electron chi connectivity index (χ2n) is 11.0. The summed E-state index contributed by atoms with van der Waals surface area (Å²) in [6.45, 7) is 2.57. The maximum absolute atomic E-state index is 12.8. The van der Waals surface area contributed by atoms with Crippen molar-refractivity contribution < 1.29 is 24.2 Å². The lowest BCUT2D eigenvalue weighted by molar-refractivity contribution is -0.121. The summed E-state index contributed by atoms with van der Waals surface area (Å²) in [5, 5.41) is 14.0. The molecule has 1 atom stereocenters. The van der Waals surface area contributed by atoms with Gasteiger partial charge in [-0.1, -0.05) is 71.7 Å². The number of carbonyl (C=O) groups is 2. The Hall–Kier alpha value is -4.08. The van der Waals surface area contributed by atoms with E-state index < -0.39 is 0 Å². The van der Waals surface area contributed by atoms with Gasteiger partial charge in [-0.05, 0) is 41.8 Å². The topological polar surface area (TPSA) is 91.3 Å². The monoisotopic (exact) mass is 645 g/mol. The first-order valence-electron chi connectivity index (χ1n) is 14.8. The molecule has 0 bridgehead atoms. The van der Waals surface area contributed by atoms with Gasteiger partial charge in [-0.3, -0.25) is 14.5 Å². The highest BCUT2D eigenvalue weighted by atomic mass is 35.5. The van der Waals surface area contributed by atoms with Gasteiger partial charge in [0, 0.05) is 55.5 Å². The fourth-order valence-electron chi connectivity index (χ4n) is 5.94. The molecule has 232 valence electrons. The van der Waals surface area contributed by atoms with Gasteiger partial charge in [0.15, 0.2) is 12.9 Å². The Labute approximate surface area is 272 Å². The molecule has 8 nitrogen and oxygen atoms in total. The van der Waals surface area contributed by atoms with Gasteiger partial charge >= 0.3 is 0 Å². The fourth-order valence-corrected chi connectivity index (χ4v) is 6.61. The highest BCUT2D eigenvalue weighted by Crippen LogP contribution is 2.44.